The Labute approximate surface area is 91.9 Å². The standard InChI is InChI=1S/C9H12N4O3/c1-2-13(5-7(10)14)8-4-11-3-6(12-8)9(15)16/h3-4H,2,5H2,1H3,(H2,10,14)(H,15,16). The van der Waals surface area contributed by atoms with Gasteiger partial charge in [-0.1, -0.05) is 0 Å². The second-order valence-electron chi connectivity index (χ2n) is 3.05. The van der Waals surface area contributed by atoms with Crippen molar-refractivity contribution >= 4 is 17.7 Å². The third-order valence-corrected chi connectivity index (χ3v) is 1.89. The van der Waals surface area contributed by atoms with Gasteiger partial charge in [0.05, 0.1) is 18.9 Å². The third kappa shape index (κ3) is 2.91. The molecule has 0 aromatic carbocycles. The fourth-order valence-electron chi connectivity index (χ4n) is 1.15. The fraction of sp³-hybridized carbons (Fsp3) is 0.333. The van der Waals surface area contributed by atoms with Crippen molar-refractivity contribution in [2.45, 2.75) is 6.92 Å². The molecule has 0 radical (unpaired) electrons. The Morgan fingerprint density at radius 1 is 1.50 bits per heavy atom. The number of primary amides is 1. The Kier molecular flexibility index (Phi) is 3.76. The summed E-state index contributed by atoms with van der Waals surface area (Å²) in [6, 6.07) is 0. The Morgan fingerprint density at radius 2 is 2.19 bits per heavy atom. The summed E-state index contributed by atoms with van der Waals surface area (Å²) in [5.74, 6) is -1.35. The highest BCUT2D eigenvalue weighted by Gasteiger charge is 2.12. The first-order valence-electron chi connectivity index (χ1n) is 4.63. The van der Waals surface area contributed by atoms with Crippen molar-refractivity contribution in [2.24, 2.45) is 5.73 Å². The second kappa shape index (κ2) is 5.06. The van der Waals surface area contributed by atoms with Crippen molar-refractivity contribution in [2.75, 3.05) is 18.0 Å². The van der Waals surface area contributed by atoms with Crippen molar-refractivity contribution in [3.05, 3.63) is 18.1 Å². The minimum atomic E-state index is -1.16. The van der Waals surface area contributed by atoms with E-state index in [-0.39, 0.29) is 12.2 Å². The van der Waals surface area contributed by atoms with Gasteiger partial charge in [-0.05, 0) is 6.92 Å². The lowest BCUT2D eigenvalue weighted by Crippen LogP contribution is -2.34. The van der Waals surface area contributed by atoms with Crippen LogP contribution in [0.4, 0.5) is 5.82 Å². The van der Waals surface area contributed by atoms with Gasteiger partial charge < -0.3 is 15.7 Å². The van der Waals surface area contributed by atoms with Crippen LogP contribution in [0.15, 0.2) is 12.4 Å². The van der Waals surface area contributed by atoms with Crippen LogP contribution in [0.5, 0.6) is 0 Å². The summed E-state index contributed by atoms with van der Waals surface area (Å²) in [6.45, 7) is 2.27. The molecule has 0 bridgehead atoms. The summed E-state index contributed by atoms with van der Waals surface area (Å²) in [4.78, 5) is 30.6. The Balaban J connectivity index is 2.96. The van der Waals surface area contributed by atoms with Gasteiger partial charge in [0.2, 0.25) is 5.91 Å². The molecule has 0 fully saturated rings. The lowest BCUT2D eigenvalue weighted by atomic mass is 10.4. The number of carboxylic acids is 1. The maximum absolute atomic E-state index is 10.8. The van der Waals surface area contributed by atoms with E-state index in [4.69, 9.17) is 10.8 Å². The number of aromatic carboxylic acids is 1. The van der Waals surface area contributed by atoms with E-state index in [0.717, 1.165) is 6.20 Å². The number of carbonyl (C=O) groups is 2. The normalized spacial score (nSPS) is 9.81. The van der Waals surface area contributed by atoms with Gasteiger partial charge in [-0.3, -0.25) is 9.78 Å². The molecule has 7 nitrogen and oxygen atoms in total. The van der Waals surface area contributed by atoms with Crippen LogP contribution in [0.25, 0.3) is 0 Å². The fourth-order valence-corrected chi connectivity index (χ4v) is 1.15. The van der Waals surface area contributed by atoms with Gasteiger partial charge in [0.25, 0.3) is 0 Å². The third-order valence-electron chi connectivity index (χ3n) is 1.89. The van der Waals surface area contributed by atoms with Crippen LogP contribution in [0.1, 0.15) is 17.4 Å². The summed E-state index contributed by atoms with van der Waals surface area (Å²) < 4.78 is 0. The molecule has 16 heavy (non-hydrogen) atoms. The molecule has 0 aliphatic rings. The van der Waals surface area contributed by atoms with E-state index in [1.54, 1.807) is 11.8 Å². The van der Waals surface area contributed by atoms with Gasteiger partial charge in [-0.15, -0.1) is 0 Å². The number of nitrogens with two attached hydrogens (primary N) is 1. The number of nitrogens with zero attached hydrogens (tertiary/aromatic N) is 3. The number of hydrogen-bond acceptors (Lipinski definition) is 5. The molecule has 1 heterocycles. The topological polar surface area (TPSA) is 109 Å². The number of amides is 1. The molecule has 0 atom stereocenters. The van der Waals surface area contributed by atoms with Crippen molar-refractivity contribution in [1.82, 2.24) is 9.97 Å². The summed E-state index contributed by atoms with van der Waals surface area (Å²) in [5.41, 5.74) is 4.89. The first-order chi connectivity index (χ1) is 7.54. The zero-order chi connectivity index (χ0) is 12.1. The molecule has 0 saturated carbocycles. The Morgan fingerprint density at radius 3 is 2.69 bits per heavy atom. The minimum Gasteiger partial charge on any atom is -0.476 e. The van der Waals surface area contributed by atoms with Gasteiger partial charge in [-0.2, -0.15) is 0 Å². The van der Waals surface area contributed by atoms with Crippen molar-refractivity contribution in [3.8, 4) is 0 Å². The highest BCUT2D eigenvalue weighted by Crippen LogP contribution is 2.08. The maximum Gasteiger partial charge on any atom is 0.356 e. The molecule has 86 valence electrons. The first-order valence-corrected chi connectivity index (χ1v) is 4.63. The van der Waals surface area contributed by atoms with Crippen molar-refractivity contribution < 1.29 is 14.7 Å². The number of carbonyl (C=O) groups excluding carboxylic acids is 1. The number of hydrogen-bond donors (Lipinski definition) is 2. The molecule has 0 unspecified atom stereocenters. The molecule has 3 N–H and O–H groups in total. The molecule has 1 amide bonds. The van der Waals surface area contributed by atoms with E-state index in [0.29, 0.717) is 12.4 Å². The highest BCUT2D eigenvalue weighted by atomic mass is 16.4. The zero-order valence-electron chi connectivity index (χ0n) is 8.75. The first kappa shape index (κ1) is 11.9. The molecule has 7 heteroatoms. The molecule has 0 spiro atoms. The molecular formula is C9H12N4O3. The average Bonchev–Trinajstić information content (AvgIpc) is 2.25. The smallest absolute Gasteiger partial charge is 0.356 e. The summed E-state index contributed by atoms with van der Waals surface area (Å²) in [5, 5.41) is 8.73. The number of aromatic nitrogens is 2. The van der Waals surface area contributed by atoms with Crippen LogP contribution >= 0.6 is 0 Å². The van der Waals surface area contributed by atoms with Crippen LogP contribution in [-0.2, 0) is 4.79 Å². The molecule has 0 aliphatic heterocycles. The summed E-state index contributed by atoms with van der Waals surface area (Å²) >= 11 is 0. The number of anilines is 1. The van der Waals surface area contributed by atoms with Crippen LogP contribution in [0, 0.1) is 0 Å². The van der Waals surface area contributed by atoms with Crippen LogP contribution in [0.2, 0.25) is 0 Å². The monoisotopic (exact) mass is 224 g/mol. The quantitative estimate of drug-likeness (QED) is 0.696. The van der Waals surface area contributed by atoms with E-state index in [2.05, 4.69) is 9.97 Å². The number of carboxylic acid groups (broad SMARTS) is 1. The molecule has 1 rings (SSSR count). The molecule has 1 aromatic heterocycles. The van der Waals surface area contributed by atoms with Crippen LogP contribution in [0.3, 0.4) is 0 Å². The van der Waals surface area contributed by atoms with Gasteiger partial charge in [0.1, 0.15) is 5.82 Å². The average molecular weight is 224 g/mol. The lowest BCUT2D eigenvalue weighted by Gasteiger charge is -2.19. The SMILES string of the molecule is CCN(CC(N)=O)c1cncc(C(=O)O)n1. The summed E-state index contributed by atoms with van der Waals surface area (Å²) in [7, 11) is 0. The number of likely N-dealkylation sites (N-methyl/N-ethyl adjacent to an activating group) is 1. The van der Waals surface area contributed by atoms with E-state index in [1.165, 1.54) is 6.20 Å². The molecule has 0 aliphatic carbocycles. The zero-order valence-corrected chi connectivity index (χ0v) is 8.75. The molecule has 0 saturated heterocycles. The van der Waals surface area contributed by atoms with Gasteiger partial charge in [0.15, 0.2) is 5.69 Å². The van der Waals surface area contributed by atoms with Crippen LogP contribution < -0.4 is 10.6 Å². The Hall–Kier alpha value is -2.18. The Bertz CT molecular complexity index is 407. The van der Waals surface area contributed by atoms with E-state index in [1.807, 2.05) is 0 Å². The lowest BCUT2D eigenvalue weighted by molar-refractivity contribution is -0.116. The van der Waals surface area contributed by atoms with Crippen molar-refractivity contribution in [1.29, 1.82) is 0 Å². The van der Waals surface area contributed by atoms with Gasteiger partial charge >= 0.3 is 5.97 Å². The van der Waals surface area contributed by atoms with Crippen molar-refractivity contribution in [3.63, 3.8) is 0 Å². The summed E-state index contributed by atoms with van der Waals surface area (Å²) in [6.07, 6.45) is 2.53. The van der Waals surface area contributed by atoms with Crippen LogP contribution in [-0.4, -0.2) is 40.0 Å². The van der Waals surface area contributed by atoms with E-state index >= 15 is 0 Å². The van der Waals surface area contributed by atoms with Gasteiger partial charge in [-0.25, -0.2) is 9.78 Å². The molecule has 1 aromatic rings. The van der Waals surface area contributed by atoms with E-state index < -0.39 is 11.9 Å². The van der Waals surface area contributed by atoms with E-state index in [9.17, 15) is 9.59 Å². The predicted molar refractivity (Wildman–Crippen MR) is 56.1 cm³/mol. The maximum atomic E-state index is 10.8. The van der Waals surface area contributed by atoms with Gasteiger partial charge in [0, 0.05) is 6.54 Å². The second-order valence-corrected chi connectivity index (χ2v) is 3.05. The largest absolute Gasteiger partial charge is 0.476 e. The highest BCUT2D eigenvalue weighted by molar-refractivity contribution is 5.85. The predicted octanol–water partition coefficient (Wildman–Crippen LogP) is -0.514. The minimum absolute atomic E-state index is 0.0196. The molecular weight excluding hydrogens is 212 g/mol. The number of rotatable bonds is 5.